The van der Waals surface area contributed by atoms with Crippen molar-refractivity contribution >= 4 is 17.1 Å². The molecule has 0 bridgehead atoms. The third-order valence-corrected chi connectivity index (χ3v) is 6.54. The molecule has 5 heteroatoms. The number of nitrogens with zero attached hydrogens (tertiary/aromatic N) is 4. The molecule has 0 spiro atoms. The van der Waals surface area contributed by atoms with Crippen LogP contribution in [0.5, 0.6) is 11.5 Å². The van der Waals surface area contributed by atoms with E-state index in [0.29, 0.717) is 28.2 Å². The molecule has 5 nitrogen and oxygen atoms in total. The SMILES string of the molecule is N#Cc1ccc(-c2cc(C#N)cc(-c3ccc(C#N)cc3)c2N2c3ccccc3Oc3ccccc32)cc1. The van der Waals surface area contributed by atoms with Gasteiger partial charge in [-0.25, -0.2) is 0 Å². The van der Waals surface area contributed by atoms with E-state index in [0.717, 1.165) is 39.3 Å². The van der Waals surface area contributed by atoms with Crippen molar-refractivity contribution in [1.82, 2.24) is 0 Å². The van der Waals surface area contributed by atoms with Gasteiger partial charge < -0.3 is 9.64 Å². The quantitative estimate of drug-likeness (QED) is 0.252. The van der Waals surface area contributed by atoms with Gasteiger partial charge in [-0.1, -0.05) is 48.5 Å². The van der Waals surface area contributed by atoms with E-state index in [9.17, 15) is 15.8 Å². The lowest BCUT2D eigenvalue weighted by Crippen LogP contribution is -2.17. The highest BCUT2D eigenvalue weighted by molar-refractivity contribution is 6.00. The fourth-order valence-electron chi connectivity index (χ4n) is 4.77. The van der Waals surface area contributed by atoms with Crippen LogP contribution in [-0.4, -0.2) is 0 Å². The Hall–Kier alpha value is -5.83. The monoisotopic (exact) mass is 486 g/mol. The maximum atomic E-state index is 9.99. The Balaban J connectivity index is 1.72. The average molecular weight is 487 g/mol. The molecule has 0 amide bonds. The van der Waals surface area contributed by atoms with Crippen LogP contribution in [0, 0.1) is 34.0 Å². The lowest BCUT2D eigenvalue weighted by Gasteiger charge is -2.35. The highest BCUT2D eigenvalue weighted by atomic mass is 16.5. The molecule has 0 aromatic heterocycles. The fourth-order valence-corrected chi connectivity index (χ4v) is 4.77. The summed E-state index contributed by atoms with van der Waals surface area (Å²) in [6.45, 7) is 0. The molecule has 1 aliphatic heterocycles. The Morgan fingerprint density at radius 3 is 1.34 bits per heavy atom. The molecule has 5 aromatic carbocycles. The van der Waals surface area contributed by atoms with E-state index in [4.69, 9.17) is 4.74 Å². The lowest BCUT2D eigenvalue weighted by molar-refractivity contribution is 0.477. The first-order valence-electron chi connectivity index (χ1n) is 12.0. The van der Waals surface area contributed by atoms with Crippen molar-refractivity contribution in [2.75, 3.05) is 4.90 Å². The van der Waals surface area contributed by atoms with Crippen LogP contribution in [0.4, 0.5) is 17.1 Å². The molecule has 0 saturated carbocycles. The van der Waals surface area contributed by atoms with E-state index >= 15 is 0 Å². The highest BCUT2D eigenvalue weighted by Gasteiger charge is 2.30. The highest BCUT2D eigenvalue weighted by Crippen LogP contribution is 2.54. The van der Waals surface area contributed by atoms with Crippen molar-refractivity contribution in [3.05, 3.63) is 126 Å². The number of hydrogen-bond donors (Lipinski definition) is 0. The number of fused-ring (bicyclic) bond motifs is 2. The standard InChI is InChI=1S/C33H18N4O/c34-19-22-9-13-25(14-10-22)27-17-24(21-36)18-28(26-15-11-23(20-35)12-16-26)33(27)37-29-5-1-3-7-31(29)38-32-8-4-2-6-30(32)37/h1-18H. The van der Waals surface area contributed by atoms with Crippen LogP contribution in [0.1, 0.15) is 16.7 Å². The number of para-hydroxylation sites is 4. The van der Waals surface area contributed by atoms with Crippen molar-refractivity contribution in [2.24, 2.45) is 0 Å². The minimum atomic E-state index is 0.502. The van der Waals surface area contributed by atoms with Crippen molar-refractivity contribution in [3.63, 3.8) is 0 Å². The summed E-state index contributed by atoms with van der Waals surface area (Å²) >= 11 is 0. The molecule has 5 aromatic rings. The van der Waals surface area contributed by atoms with E-state index in [1.807, 2.05) is 84.9 Å². The van der Waals surface area contributed by atoms with Gasteiger partial charge in [-0.3, -0.25) is 0 Å². The molecule has 0 N–H and O–H groups in total. The molecule has 1 heterocycles. The third-order valence-electron chi connectivity index (χ3n) is 6.54. The van der Waals surface area contributed by atoms with Gasteiger partial charge in [0.15, 0.2) is 11.5 Å². The minimum Gasteiger partial charge on any atom is -0.453 e. The second-order valence-electron chi connectivity index (χ2n) is 8.78. The summed E-state index contributed by atoms with van der Waals surface area (Å²) in [4.78, 5) is 2.16. The van der Waals surface area contributed by atoms with Crippen LogP contribution in [0.2, 0.25) is 0 Å². The van der Waals surface area contributed by atoms with Crippen LogP contribution >= 0.6 is 0 Å². The van der Waals surface area contributed by atoms with Gasteiger partial charge in [-0.15, -0.1) is 0 Å². The van der Waals surface area contributed by atoms with Gasteiger partial charge in [0.25, 0.3) is 0 Å². The smallest absolute Gasteiger partial charge is 0.151 e. The first kappa shape index (κ1) is 22.6. The van der Waals surface area contributed by atoms with E-state index in [1.165, 1.54) is 0 Å². The predicted octanol–water partition coefficient (Wildman–Crippen LogP) is 8.21. The number of anilines is 3. The molecule has 0 fully saturated rings. The molecule has 38 heavy (non-hydrogen) atoms. The van der Waals surface area contributed by atoms with Crippen LogP contribution < -0.4 is 9.64 Å². The van der Waals surface area contributed by atoms with Gasteiger partial charge in [0.05, 0.1) is 52.0 Å². The molecule has 6 rings (SSSR count). The summed E-state index contributed by atoms with van der Waals surface area (Å²) in [5.74, 6) is 1.43. The molecule has 0 radical (unpaired) electrons. The largest absolute Gasteiger partial charge is 0.453 e. The maximum absolute atomic E-state index is 9.99. The van der Waals surface area contributed by atoms with Gasteiger partial charge >= 0.3 is 0 Å². The van der Waals surface area contributed by atoms with Gasteiger partial charge in [0.2, 0.25) is 0 Å². The van der Waals surface area contributed by atoms with Gasteiger partial charge in [0, 0.05) is 11.1 Å². The molecule has 0 aliphatic carbocycles. The number of ether oxygens (including phenoxy) is 1. The van der Waals surface area contributed by atoms with Crippen LogP contribution in [-0.2, 0) is 0 Å². The van der Waals surface area contributed by atoms with E-state index in [-0.39, 0.29) is 0 Å². The molecule has 0 saturated heterocycles. The predicted molar refractivity (Wildman–Crippen MR) is 146 cm³/mol. The van der Waals surface area contributed by atoms with Crippen molar-refractivity contribution < 1.29 is 4.74 Å². The molecular formula is C33H18N4O. The minimum absolute atomic E-state index is 0.502. The number of hydrogen-bond acceptors (Lipinski definition) is 5. The van der Waals surface area contributed by atoms with Crippen molar-refractivity contribution in [2.45, 2.75) is 0 Å². The normalized spacial score (nSPS) is 11.2. The molecule has 176 valence electrons. The zero-order valence-corrected chi connectivity index (χ0v) is 20.1. The first-order chi connectivity index (χ1) is 18.7. The van der Waals surface area contributed by atoms with Crippen LogP contribution in [0.3, 0.4) is 0 Å². The summed E-state index contributed by atoms with van der Waals surface area (Å²) in [6.07, 6.45) is 0. The van der Waals surface area contributed by atoms with E-state index in [1.54, 1.807) is 24.3 Å². The molecule has 0 unspecified atom stereocenters. The van der Waals surface area contributed by atoms with E-state index < -0.39 is 0 Å². The van der Waals surface area contributed by atoms with Gasteiger partial charge in [-0.05, 0) is 71.8 Å². The topological polar surface area (TPSA) is 83.8 Å². The van der Waals surface area contributed by atoms with Crippen molar-refractivity contribution in [3.8, 4) is 52.0 Å². The Kier molecular flexibility index (Phi) is 5.55. The van der Waals surface area contributed by atoms with Crippen LogP contribution in [0.15, 0.2) is 109 Å². The summed E-state index contributed by atoms with van der Waals surface area (Å²) in [7, 11) is 0. The Morgan fingerprint density at radius 1 is 0.500 bits per heavy atom. The lowest BCUT2D eigenvalue weighted by atomic mass is 9.91. The van der Waals surface area contributed by atoms with Crippen molar-refractivity contribution in [1.29, 1.82) is 15.8 Å². The second kappa shape index (κ2) is 9.32. The summed E-state index contributed by atoms with van der Waals surface area (Å²) in [5, 5.41) is 28.7. The number of nitriles is 3. The van der Waals surface area contributed by atoms with Gasteiger partial charge in [0.1, 0.15) is 0 Å². The zero-order chi connectivity index (χ0) is 26.1. The average Bonchev–Trinajstić information content (AvgIpc) is 2.99. The number of benzene rings is 5. The van der Waals surface area contributed by atoms with Gasteiger partial charge in [-0.2, -0.15) is 15.8 Å². The summed E-state index contributed by atoms with van der Waals surface area (Å²) in [6, 6.07) is 40.8. The second-order valence-corrected chi connectivity index (χ2v) is 8.78. The Morgan fingerprint density at radius 2 is 0.921 bits per heavy atom. The Labute approximate surface area is 220 Å². The van der Waals surface area contributed by atoms with E-state index in [2.05, 4.69) is 23.1 Å². The first-order valence-corrected chi connectivity index (χ1v) is 12.0. The zero-order valence-electron chi connectivity index (χ0n) is 20.1. The maximum Gasteiger partial charge on any atom is 0.151 e. The molecule has 1 aliphatic rings. The molecule has 0 atom stereocenters. The Bertz CT molecular complexity index is 1690. The third kappa shape index (κ3) is 3.80. The fraction of sp³-hybridized carbons (Fsp3) is 0. The summed E-state index contributed by atoms with van der Waals surface area (Å²) < 4.78 is 6.26. The van der Waals surface area contributed by atoms with Crippen LogP contribution in [0.25, 0.3) is 22.3 Å². The number of rotatable bonds is 3. The summed E-state index contributed by atoms with van der Waals surface area (Å²) in [5.41, 5.74) is 7.60. The molecular weight excluding hydrogens is 468 g/mol.